The van der Waals surface area contributed by atoms with Crippen molar-refractivity contribution < 1.29 is 0 Å². The molecule has 0 saturated carbocycles. The lowest BCUT2D eigenvalue weighted by Crippen LogP contribution is -1.91. The Bertz CT molecular complexity index is 482. The lowest BCUT2D eigenvalue weighted by atomic mass is 10.1. The standard InChI is InChI=1S/C11H8BrClN2/c1-7-6-14-11(13)15-10(7)8-2-4-9(12)5-3-8/h2-6H,1H3. The summed E-state index contributed by atoms with van der Waals surface area (Å²) in [6, 6.07) is 7.95. The summed E-state index contributed by atoms with van der Waals surface area (Å²) in [5.74, 6) is 0. The van der Waals surface area contributed by atoms with E-state index in [1.165, 1.54) is 0 Å². The minimum Gasteiger partial charge on any atom is -0.226 e. The molecule has 0 fully saturated rings. The first-order valence-electron chi connectivity index (χ1n) is 4.42. The van der Waals surface area contributed by atoms with Crippen LogP contribution in [0.15, 0.2) is 34.9 Å². The third kappa shape index (κ3) is 2.36. The second kappa shape index (κ2) is 4.29. The highest BCUT2D eigenvalue weighted by Crippen LogP contribution is 2.23. The third-order valence-corrected chi connectivity index (χ3v) is 2.77. The molecule has 1 heterocycles. The van der Waals surface area contributed by atoms with Crippen LogP contribution in [0.3, 0.4) is 0 Å². The highest BCUT2D eigenvalue weighted by atomic mass is 79.9. The SMILES string of the molecule is Cc1cnc(Cl)nc1-c1ccc(Br)cc1. The minimum atomic E-state index is 0.276. The number of nitrogens with zero attached hydrogens (tertiary/aromatic N) is 2. The summed E-state index contributed by atoms with van der Waals surface area (Å²) in [6.07, 6.45) is 1.73. The summed E-state index contributed by atoms with van der Waals surface area (Å²) < 4.78 is 1.05. The van der Waals surface area contributed by atoms with E-state index >= 15 is 0 Å². The number of rotatable bonds is 1. The molecule has 0 radical (unpaired) electrons. The number of halogens is 2. The van der Waals surface area contributed by atoms with Gasteiger partial charge >= 0.3 is 0 Å². The van der Waals surface area contributed by atoms with E-state index in [0.29, 0.717) is 0 Å². The molecule has 76 valence electrons. The Labute approximate surface area is 101 Å². The molecule has 2 rings (SSSR count). The quantitative estimate of drug-likeness (QED) is 0.743. The molecular formula is C11H8BrClN2. The van der Waals surface area contributed by atoms with E-state index in [0.717, 1.165) is 21.3 Å². The molecule has 0 amide bonds. The number of benzene rings is 1. The molecule has 0 atom stereocenters. The van der Waals surface area contributed by atoms with Crippen molar-refractivity contribution >= 4 is 27.5 Å². The molecular weight excluding hydrogens is 275 g/mol. The lowest BCUT2D eigenvalue weighted by molar-refractivity contribution is 1.13. The van der Waals surface area contributed by atoms with Crippen LogP contribution in [0.2, 0.25) is 5.28 Å². The summed E-state index contributed by atoms with van der Waals surface area (Å²) in [5.41, 5.74) is 2.93. The van der Waals surface area contributed by atoms with Gasteiger partial charge in [-0.1, -0.05) is 28.1 Å². The molecule has 2 aromatic rings. The molecule has 0 saturated heterocycles. The molecule has 0 aliphatic heterocycles. The van der Waals surface area contributed by atoms with Crippen LogP contribution in [0.5, 0.6) is 0 Å². The molecule has 1 aromatic carbocycles. The first-order valence-corrected chi connectivity index (χ1v) is 5.59. The second-order valence-corrected chi connectivity index (χ2v) is 4.43. The molecule has 0 aliphatic carbocycles. The van der Waals surface area contributed by atoms with E-state index in [2.05, 4.69) is 25.9 Å². The Morgan fingerprint density at radius 3 is 2.53 bits per heavy atom. The van der Waals surface area contributed by atoms with Gasteiger partial charge in [-0.15, -0.1) is 0 Å². The van der Waals surface area contributed by atoms with Crippen molar-refractivity contribution in [1.82, 2.24) is 9.97 Å². The van der Waals surface area contributed by atoms with Crippen LogP contribution < -0.4 is 0 Å². The van der Waals surface area contributed by atoms with Crippen LogP contribution in [-0.2, 0) is 0 Å². The summed E-state index contributed by atoms with van der Waals surface area (Å²) >= 11 is 9.16. The normalized spacial score (nSPS) is 10.3. The molecule has 0 bridgehead atoms. The van der Waals surface area contributed by atoms with Crippen molar-refractivity contribution in [3.63, 3.8) is 0 Å². The van der Waals surface area contributed by atoms with Crippen LogP contribution in [0.1, 0.15) is 5.56 Å². The van der Waals surface area contributed by atoms with Gasteiger partial charge in [0.15, 0.2) is 0 Å². The maximum atomic E-state index is 5.77. The zero-order chi connectivity index (χ0) is 10.8. The van der Waals surface area contributed by atoms with Crippen molar-refractivity contribution in [2.24, 2.45) is 0 Å². The molecule has 0 spiro atoms. The maximum absolute atomic E-state index is 5.77. The van der Waals surface area contributed by atoms with Crippen molar-refractivity contribution in [3.05, 3.63) is 45.8 Å². The molecule has 2 nitrogen and oxygen atoms in total. The molecule has 15 heavy (non-hydrogen) atoms. The van der Waals surface area contributed by atoms with Gasteiger partial charge in [0.05, 0.1) is 5.69 Å². The number of hydrogen-bond acceptors (Lipinski definition) is 2. The van der Waals surface area contributed by atoms with Crippen LogP contribution in [0.4, 0.5) is 0 Å². The monoisotopic (exact) mass is 282 g/mol. The van der Waals surface area contributed by atoms with Gasteiger partial charge in [-0.3, -0.25) is 0 Å². The summed E-state index contributed by atoms with van der Waals surface area (Å²) in [6.45, 7) is 1.97. The summed E-state index contributed by atoms with van der Waals surface area (Å²) in [5, 5.41) is 0.276. The molecule has 4 heteroatoms. The Morgan fingerprint density at radius 2 is 1.87 bits per heavy atom. The van der Waals surface area contributed by atoms with Crippen LogP contribution in [0, 0.1) is 6.92 Å². The highest BCUT2D eigenvalue weighted by Gasteiger charge is 2.04. The fourth-order valence-electron chi connectivity index (χ4n) is 1.32. The van der Waals surface area contributed by atoms with Gasteiger partial charge in [0.25, 0.3) is 0 Å². The Balaban J connectivity index is 2.53. The smallest absolute Gasteiger partial charge is 0.222 e. The van der Waals surface area contributed by atoms with Gasteiger partial charge in [-0.05, 0) is 36.2 Å². The predicted molar refractivity (Wildman–Crippen MR) is 64.9 cm³/mol. The summed E-state index contributed by atoms with van der Waals surface area (Å²) in [7, 11) is 0. The first kappa shape index (κ1) is 10.6. The molecule has 0 aliphatic rings. The van der Waals surface area contributed by atoms with Crippen molar-refractivity contribution in [2.75, 3.05) is 0 Å². The minimum absolute atomic E-state index is 0.276. The van der Waals surface area contributed by atoms with E-state index in [1.807, 2.05) is 31.2 Å². The van der Waals surface area contributed by atoms with E-state index in [4.69, 9.17) is 11.6 Å². The third-order valence-electron chi connectivity index (χ3n) is 2.06. The van der Waals surface area contributed by atoms with Crippen molar-refractivity contribution in [2.45, 2.75) is 6.92 Å². The number of hydrogen-bond donors (Lipinski definition) is 0. The highest BCUT2D eigenvalue weighted by molar-refractivity contribution is 9.10. The average Bonchev–Trinajstić information content (AvgIpc) is 2.23. The van der Waals surface area contributed by atoms with Crippen molar-refractivity contribution in [1.29, 1.82) is 0 Å². The van der Waals surface area contributed by atoms with Gasteiger partial charge < -0.3 is 0 Å². The topological polar surface area (TPSA) is 25.8 Å². The second-order valence-electron chi connectivity index (χ2n) is 3.18. The Morgan fingerprint density at radius 1 is 1.20 bits per heavy atom. The van der Waals surface area contributed by atoms with Crippen LogP contribution in [-0.4, -0.2) is 9.97 Å². The average molecular weight is 284 g/mol. The maximum Gasteiger partial charge on any atom is 0.222 e. The largest absolute Gasteiger partial charge is 0.226 e. The van der Waals surface area contributed by atoms with E-state index in [1.54, 1.807) is 6.20 Å². The number of aromatic nitrogens is 2. The fourth-order valence-corrected chi connectivity index (χ4v) is 1.72. The summed E-state index contributed by atoms with van der Waals surface area (Å²) in [4.78, 5) is 8.14. The van der Waals surface area contributed by atoms with E-state index < -0.39 is 0 Å². The molecule has 0 N–H and O–H groups in total. The van der Waals surface area contributed by atoms with Crippen LogP contribution in [0.25, 0.3) is 11.3 Å². The predicted octanol–water partition coefficient (Wildman–Crippen LogP) is 3.87. The number of aryl methyl sites for hydroxylation is 1. The Hall–Kier alpha value is -0.930. The zero-order valence-corrected chi connectivity index (χ0v) is 10.4. The lowest BCUT2D eigenvalue weighted by Gasteiger charge is -2.04. The van der Waals surface area contributed by atoms with Crippen LogP contribution >= 0.6 is 27.5 Å². The van der Waals surface area contributed by atoms with E-state index in [-0.39, 0.29) is 5.28 Å². The molecule has 1 aromatic heterocycles. The first-order chi connectivity index (χ1) is 7.16. The fraction of sp³-hybridized carbons (Fsp3) is 0.0909. The van der Waals surface area contributed by atoms with E-state index in [9.17, 15) is 0 Å². The van der Waals surface area contributed by atoms with Gasteiger partial charge in [0, 0.05) is 16.2 Å². The van der Waals surface area contributed by atoms with Gasteiger partial charge in [0.2, 0.25) is 5.28 Å². The van der Waals surface area contributed by atoms with Gasteiger partial charge in [-0.2, -0.15) is 0 Å². The van der Waals surface area contributed by atoms with Gasteiger partial charge in [-0.25, -0.2) is 9.97 Å². The zero-order valence-electron chi connectivity index (χ0n) is 8.04. The Kier molecular flexibility index (Phi) is 3.03. The van der Waals surface area contributed by atoms with Gasteiger partial charge in [0.1, 0.15) is 0 Å². The molecule has 0 unspecified atom stereocenters. The van der Waals surface area contributed by atoms with Crippen molar-refractivity contribution in [3.8, 4) is 11.3 Å².